The Morgan fingerprint density at radius 2 is 1.59 bits per heavy atom. The number of phenolic OH excluding ortho intramolecular Hbond substituents is 1. The van der Waals surface area contributed by atoms with Crippen LogP contribution in [0.15, 0.2) is 89.8 Å². The molecular formula is C62H79N13O6. The Bertz CT molecular complexity index is 3170. The number of likely N-dealkylation sites (tertiary alicyclic amines) is 3. The average Bonchev–Trinajstić information content (AvgIpc) is 4.33. The molecule has 5 N–H and O–H groups in total. The molecule has 11 rings (SSSR count). The molecule has 4 aliphatic heterocycles. The first kappa shape index (κ1) is 55.8. The molecule has 2 aromatic carbocycles. The lowest BCUT2D eigenvalue weighted by atomic mass is 9.77. The smallest absolute Gasteiger partial charge is 0.243 e. The molecule has 5 aliphatic rings. The Labute approximate surface area is 475 Å². The topological polar surface area (TPSA) is 222 Å². The molecule has 0 unspecified atom stereocenters. The van der Waals surface area contributed by atoms with Crippen LogP contribution in [0.3, 0.4) is 0 Å². The molecule has 5 fully saturated rings. The van der Waals surface area contributed by atoms with Gasteiger partial charge in [-0.25, -0.2) is 0 Å². The molecule has 2 amide bonds. The lowest BCUT2D eigenvalue weighted by Gasteiger charge is -2.48. The fraction of sp³-hybridized carbons (Fsp3) is 0.532. The number of amides is 2. The van der Waals surface area contributed by atoms with E-state index in [-0.39, 0.29) is 66.6 Å². The van der Waals surface area contributed by atoms with Crippen LogP contribution in [0.5, 0.6) is 5.75 Å². The number of aromatic hydroxyl groups is 1. The summed E-state index contributed by atoms with van der Waals surface area (Å²) in [7, 11) is 1.90. The van der Waals surface area contributed by atoms with Gasteiger partial charge in [0.15, 0.2) is 17.4 Å². The molecule has 1 saturated carbocycles. The number of β-amino-alcohol motifs (C(OH)–C–C–N with tert-alkyl or cyclic N) is 1. The second kappa shape index (κ2) is 24.5. The lowest BCUT2D eigenvalue weighted by Crippen LogP contribution is -2.51. The molecule has 0 bridgehead atoms. The van der Waals surface area contributed by atoms with Crippen LogP contribution in [-0.2, 0) is 21.4 Å². The maximum absolute atomic E-state index is 14.4. The van der Waals surface area contributed by atoms with Crippen molar-refractivity contribution in [3.63, 3.8) is 0 Å². The zero-order valence-corrected chi connectivity index (χ0v) is 47.5. The minimum absolute atomic E-state index is 0.0804. The Kier molecular flexibility index (Phi) is 16.9. The fourth-order valence-corrected chi connectivity index (χ4v) is 13.1. The zero-order chi connectivity index (χ0) is 56.3. The van der Waals surface area contributed by atoms with Crippen molar-refractivity contribution < 1.29 is 29.1 Å². The summed E-state index contributed by atoms with van der Waals surface area (Å²) in [5, 5.41) is 45.9. The number of anilines is 2. The molecule has 4 aromatic heterocycles. The van der Waals surface area contributed by atoms with Crippen LogP contribution < -0.4 is 16.0 Å². The van der Waals surface area contributed by atoms with Gasteiger partial charge in [-0.15, -0.1) is 10.2 Å². The van der Waals surface area contributed by atoms with Crippen molar-refractivity contribution in [3.05, 3.63) is 108 Å². The van der Waals surface area contributed by atoms with Crippen LogP contribution in [0.4, 0.5) is 11.6 Å². The second-order valence-corrected chi connectivity index (χ2v) is 23.8. The summed E-state index contributed by atoms with van der Waals surface area (Å²) < 4.78 is 16.6. The van der Waals surface area contributed by atoms with Gasteiger partial charge in [0.25, 0.3) is 0 Å². The predicted molar refractivity (Wildman–Crippen MR) is 308 cm³/mol. The van der Waals surface area contributed by atoms with E-state index in [2.05, 4.69) is 63.9 Å². The van der Waals surface area contributed by atoms with Crippen molar-refractivity contribution in [2.45, 2.75) is 134 Å². The highest BCUT2D eigenvalue weighted by Crippen LogP contribution is 2.39. The van der Waals surface area contributed by atoms with Gasteiger partial charge in [0.2, 0.25) is 11.8 Å². The molecule has 4 saturated heterocycles. The number of aryl methyl sites for hydroxylation is 1. The van der Waals surface area contributed by atoms with Crippen molar-refractivity contribution in [1.82, 2.24) is 54.9 Å². The van der Waals surface area contributed by atoms with Crippen molar-refractivity contribution in [2.24, 2.45) is 24.8 Å². The Hall–Kier alpha value is -7.11. The predicted octanol–water partition coefficient (Wildman–Crippen LogP) is 7.20. The van der Waals surface area contributed by atoms with E-state index in [1.165, 1.54) is 24.3 Å². The number of hydrogen-bond donors (Lipinski definition) is 4. The average molecular weight is 1100 g/mol. The Balaban J connectivity index is 0.580. The number of para-hydroxylation sites is 1. The zero-order valence-electron chi connectivity index (χ0n) is 47.5. The number of ether oxygens (including phenoxy) is 1. The highest BCUT2D eigenvalue weighted by atomic mass is 16.5. The molecule has 6 aromatic rings. The number of piperidine rings is 3. The summed E-state index contributed by atoms with van der Waals surface area (Å²) >= 11 is 0. The van der Waals surface area contributed by atoms with Gasteiger partial charge in [0, 0.05) is 82.8 Å². The molecule has 19 nitrogen and oxygen atoms in total. The largest absolute Gasteiger partial charge is 0.507 e. The third kappa shape index (κ3) is 12.7. The van der Waals surface area contributed by atoms with E-state index in [0.29, 0.717) is 40.4 Å². The first-order valence-corrected chi connectivity index (χ1v) is 29.4. The highest BCUT2D eigenvalue weighted by molar-refractivity contribution is 5.91. The van der Waals surface area contributed by atoms with Crippen molar-refractivity contribution in [2.75, 3.05) is 63.0 Å². The molecule has 0 radical (unpaired) electrons. The fourth-order valence-electron chi connectivity index (χ4n) is 13.1. The van der Waals surface area contributed by atoms with Crippen LogP contribution in [0.1, 0.15) is 126 Å². The minimum atomic E-state index is -0.806. The number of nitrogens with one attached hydrogen (secondary N) is 1. The van der Waals surface area contributed by atoms with E-state index in [0.717, 1.165) is 106 Å². The second-order valence-electron chi connectivity index (χ2n) is 23.8. The van der Waals surface area contributed by atoms with Gasteiger partial charge < -0.3 is 50.1 Å². The summed E-state index contributed by atoms with van der Waals surface area (Å²) in [6.45, 7) is 15.4. The van der Waals surface area contributed by atoms with Gasteiger partial charge >= 0.3 is 0 Å². The summed E-state index contributed by atoms with van der Waals surface area (Å²) in [6, 6.07) is 20.5. The number of hydrogen-bond acceptors (Lipinski definition) is 15. The van der Waals surface area contributed by atoms with Crippen LogP contribution in [-0.4, -0.2) is 154 Å². The van der Waals surface area contributed by atoms with E-state index in [1.807, 2.05) is 87.4 Å². The molecule has 8 heterocycles. The quantitative estimate of drug-likeness (QED) is 0.0704. The molecule has 0 spiro atoms. The van der Waals surface area contributed by atoms with Gasteiger partial charge in [-0.2, -0.15) is 10.2 Å². The van der Waals surface area contributed by atoms with Gasteiger partial charge in [0.1, 0.15) is 17.7 Å². The Morgan fingerprint density at radius 1 is 0.864 bits per heavy atom. The maximum atomic E-state index is 14.4. The van der Waals surface area contributed by atoms with Crippen LogP contribution in [0.2, 0.25) is 0 Å². The number of rotatable bonds is 16. The minimum Gasteiger partial charge on any atom is -0.507 e. The van der Waals surface area contributed by atoms with Gasteiger partial charge in [0.05, 0.1) is 59.1 Å². The number of nitrogens with zero attached hydrogens (tertiary/aromatic N) is 11. The SMILES string of the molecule is CC(C)[C@H](C(=O)N1C[C@H](O)C[C@H]1C(=O)N[C@@H](C)c1ccc(-c2ccnn2C)cc1)c1cc(N2CCC(OC3CCN(CC4CC(N5CCC([C@H](C)n6cc(C#Cc7cc(-c8ccccc8O)nnc7N)cn6)CC5)C4)CC3)CC2)no1. The van der Waals surface area contributed by atoms with Crippen LogP contribution in [0, 0.1) is 29.6 Å². The maximum Gasteiger partial charge on any atom is 0.243 e. The standard InChI is InChI=1S/C62H79N13O6/c1-39(2)59(62(79)74-38-49(76)33-55(74)61(78)66-40(3)44-12-14-46(15-13-44)54-16-23-64-70(54)5)57-34-58(69-81-57)73-28-21-51(22-29-73)80-50-19-24-71(25-20-50)36-43-30-48(31-43)72-26-17-45(18-27-72)41(4)75-37-42(35-65-75)10-11-47-32-53(67-68-60(47)63)52-8-6-7-9-56(52)77/h6-9,12-16,23,32,34-35,37,39-41,43,45,48-51,55,59,76-77H,17-22,24-31,33,36,38H2,1-5H3,(H2,63,68)(H,66,78)/t40-,41-,43?,48?,49+,55-,59-/m0/s1. The number of phenols is 1. The third-order valence-electron chi connectivity index (χ3n) is 18.1. The van der Waals surface area contributed by atoms with E-state index >= 15 is 0 Å². The number of benzene rings is 2. The summed E-state index contributed by atoms with van der Waals surface area (Å²) in [5.41, 5.74) is 11.5. The van der Waals surface area contributed by atoms with Crippen molar-refractivity contribution in [1.29, 1.82) is 0 Å². The molecule has 81 heavy (non-hydrogen) atoms. The van der Waals surface area contributed by atoms with Crippen molar-refractivity contribution >= 4 is 23.5 Å². The number of carbonyl (C=O) groups is 2. The van der Waals surface area contributed by atoms with Crippen LogP contribution in [0.25, 0.3) is 22.5 Å². The van der Waals surface area contributed by atoms with Crippen molar-refractivity contribution in [3.8, 4) is 40.1 Å². The molecular weight excluding hydrogens is 1020 g/mol. The van der Waals surface area contributed by atoms with E-state index in [4.69, 9.17) is 20.1 Å². The van der Waals surface area contributed by atoms with E-state index in [9.17, 15) is 19.8 Å². The third-order valence-corrected chi connectivity index (χ3v) is 18.1. The van der Waals surface area contributed by atoms with Gasteiger partial charge in [-0.05, 0) is 131 Å². The van der Waals surface area contributed by atoms with Crippen LogP contribution >= 0.6 is 0 Å². The summed E-state index contributed by atoms with van der Waals surface area (Å²) in [6.07, 6.45) is 14.3. The van der Waals surface area contributed by atoms with Gasteiger partial charge in [-0.1, -0.05) is 67.2 Å². The Morgan fingerprint density at radius 3 is 2.30 bits per heavy atom. The molecule has 5 atom stereocenters. The number of aliphatic hydroxyl groups is 1. The molecule has 1 aliphatic carbocycles. The normalized spacial score (nSPS) is 22.8. The lowest BCUT2D eigenvalue weighted by molar-refractivity contribution is -0.141. The number of aliphatic hydroxyl groups excluding tert-OH is 1. The summed E-state index contributed by atoms with van der Waals surface area (Å²) in [4.78, 5) is 37.4. The monoisotopic (exact) mass is 1100 g/mol. The van der Waals surface area contributed by atoms with Gasteiger partial charge in [-0.3, -0.25) is 19.0 Å². The molecule has 19 heteroatoms. The van der Waals surface area contributed by atoms with E-state index < -0.39 is 18.1 Å². The number of aromatic nitrogens is 7. The summed E-state index contributed by atoms with van der Waals surface area (Å²) in [5.74, 6) is 7.89. The highest BCUT2D eigenvalue weighted by Gasteiger charge is 2.44. The number of carbonyl (C=O) groups excluding carboxylic acids is 2. The first-order valence-electron chi connectivity index (χ1n) is 29.4. The first-order chi connectivity index (χ1) is 39.2. The number of nitrogen functional groups attached to an aromatic ring is 1. The number of nitrogens with two attached hydrogens (primary N) is 1. The van der Waals surface area contributed by atoms with E-state index in [1.54, 1.807) is 30.5 Å². The molecule has 428 valence electrons.